The van der Waals surface area contributed by atoms with Crippen molar-refractivity contribution in [3.05, 3.63) is 21.6 Å². The van der Waals surface area contributed by atoms with Crippen molar-refractivity contribution in [3.63, 3.8) is 0 Å². The van der Waals surface area contributed by atoms with Gasteiger partial charge in [-0.15, -0.1) is 0 Å². The van der Waals surface area contributed by atoms with Gasteiger partial charge in [-0.25, -0.2) is 13.5 Å². The van der Waals surface area contributed by atoms with Crippen LogP contribution < -0.4 is 10.9 Å². The molecule has 1 aromatic heterocycles. The predicted octanol–water partition coefficient (Wildman–Crippen LogP) is 1.59. The summed E-state index contributed by atoms with van der Waals surface area (Å²) in [7, 11) is 0. The summed E-state index contributed by atoms with van der Waals surface area (Å²) in [4.78, 5) is 11.4. The number of hydrogen-bond acceptors (Lipinski definition) is 3. The highest BCUT2D eigenvalue weighted by molar-refractivity contribution is 6.32. The molecule has 0 amide bonds. The molecule has 0 spiro atoms. The lowest BCUT2D eigenvalue weighted by atomic mass is 10.4. The zero-order chi connectivity index (χ0) is 11.4. The Morgan fingerprint density at radius 2 is 2.33 bits per heavy atom. The number of halogens is 3. The van der Waals surface area contributed by atoms with Crippen LogP contribution in [-0.2, 0) is 6.54 Å². The number of rotatable bonds is 4. The van der Waals surface area contributed by atoms with Crippen LogP contribution in [0.25, 0.3) is 0 Å². The van der Waals surface area contributed by atoms with Crippen molar-refractivity contribution in [3.8, 4) is 0 Å². The van der Waals surface area contributed by atoms with Crippen molar-refractivity contribution >= 4 is 17.3 Å². The summed E-state index contributed by atoms with van der Waals surface area (Å²) in [5.74, 6) is 0. The molecule has 1 aromatic rings. The smallest absolute Gasteiger partial charge is 0.287 e. The molecule has 15 heavy (non-hydrogen) atoms. The molecule has 0 atom stereocenters. The van der Waals surface area contributed by atoms with Crippen molar-refractivity contribution in [2.75, 3.05) is 11.9 Å². The molecule has 0 radical (unpaired) electrons. The van der Waals surface area contributed by atoms with Gasteiger partial charge < -0.3 is 5.32 Å². The van der Waals surface area contributed by atoms with Crippen LogP contribution in [0.2, 0.25) is 5.02 Å². The van der Waals surface area contributed by atoms with Crippen LogP contribution in [0.15, 0.2) is 11.0 Å². The lowest BCUT2D eigenvalue weighted by Gasteiger charge is -2.08. The van der Waals surface area contributed by atoms with Gasteiger partial charge in [0.1, 0.15) is 5.02 Å². The minimum atomic E-state index is -2.50. The molecule has 0 saturated carbocycles. The Kier molecular flexibility index (Phi) is 4.02. The van der Waals surface area contributed by atoms with Gasteiger partial charge in [0.15, 0.2) is 0 Å². The first kappa shape index (κ1) is 11.9. The molecule has 1 rings (SSSR count). The molecular weight excluding hydrogens is 228 g/mol. The summed E-state index contributed by atoms with van der Waals surface area (Å²) >= 11 is 5.68. The number of nitrogens with one attached hydrogen (secondary N) is 1. The summed E-state index contributed by atoms with van der Waals surface area (Å²) in [6.07, 6.45) is -1.25. The molecule has 0 aliphatic carbocycles. The summed E-state index contributed by atoms with van der Waals surface area (Å²) in [6, 6.07) is 0. The van der Waals surface area contributed by atoms with Gasteiger partial charge in [0.05, 0.1) is 18.4 Å². The van der Waals surface area contributed by atoms with E-state index in [1.54, 1.807) is 6.92 Å². The van der Waals surface area contributed by atoms with Crippen LogP contribution in [-0.4, -0.2) is 22.8 Å². The Balaban J connectivity index is 2.92. The quantitative estimate of drug-likeness (QED) is 0.865. The van der Waals surface area contributed by atoms with Gasteiger partial charge in [-0.05, 0) is 6.92 Å². The lowest BCUT2D eigenvalue weighted by molar-refractivity contribution is 0.163. The monoisotopic (exact) mass is 237 g/mol. The second kappa shape index (κ2) is 5.06. The highest BCUT2D eigenvalue weighted by Crippen LogP contribution is 2.15. The second-order valence-corrected chi connectivity index (χ2v) is 3.14. The Labute approximate surface area is 89.9 Å². The molecule has 0 aliphatic rings. The van der Waals surface area contributed by atoms with E-state index < -0.39 is 18.5 Å². The first-order valence-corrected chi connectivity index (χ1v) is 4.71. The molecule has 0 bridgehead atoms. The van der Waals surface area contributed by atoms with E-state index in [1.165, 1.54) is 6.20 Å². The maximum atomic E-state index is 11.9. The fourth-order valence-corrected chi connectivity index (χ4v) is 1.21. The highest BCUT2D eigenvalue weighted by Gasteiger charge is 2.09. The third-order valence-electron chi connectivity index (χ3n) is 1.73. The topological polar surface area (TPSA) is 46.9 Å². The molecule has 0 unspecified atom stereocenters. The van der Waals surface area contributed by atoms with E-state index in [1.807, 2.05) is 0 Å². The largest absolute Gasteiger partial charge is 0.377 e. The van der Waals surface area contributed by atoms with Crippen LogP contribution >= 0.6 is 11.6 Å². The fraction of sp³-hybridized carbons (Fsp3) is 0.500. The van der Waals surface area contributed by atoms with E-state index in [-0.39, 0.29) is 10.7 Å². The first-order valence-electron chi connectivity index (χ1n) is 4.34. The van der Waals surface area contributed by atoms with Gasteiger partial charge in [-0.2, -0.15) is 5.10 Å². The van der Waals surface area contributed by atoms with Crippen LogP contribution in [0.1, 0.15) is 6.92 Å². The van der Waals surface area contributed by atoms with Gasteiger partial charge >= 0.3 is 0 Å². The molecule has 0 aromatic carbocycles. The van der Waals surface area contributed by atoms with Gasteiger partial charge in [0.2, 0.25) is 0 Å². The molecule has 1 N–H and O–H groups in total. The number of aromatic nitrogens is 2. The first-order chi connectivity index (χ1) is 7.06. The zero-order valence-electron chi connectivity index (χ0n) is 8.01. The number of hydrogen-bond donors (Lipinski definition) is 1. The Morgan fingerprint density at radius 3 is 2.87 bits per heavy atom. The maximum Gasteiger partial charge on any atom is 0.287 e. The van der Waals surface area contributed by atoms with Crippen molar-refractivity contribution in [2.24, 2.45) is 0 Å². The third-order valence-corrected chi connectivity index (χ3v) is 2.10. The van der Waals surface area contributed by atoms with E-state index in [9.17, 15) is 13.6 Å². The molecule has 4 nitrogen and oxygen atoms in total. The summed E-state index contributed by atoms with van der Waals surface area (Å²) < 4.78 is 24.9. The number of alkyl halides is 2. The summed E-state index contributed by atoms with van der Waals surface area (Å²) in [5.41, 5.74) is -0.356. The van der Waals surface area contributed by atoms with Crippen molar-refractivity contribution in [1.29, 1.82) is 0 Å². The van der Waals surface area contributed by atoms with E-state index in [2.05, 4.69) is 10.4 Å². The molecule has 1 heterocycles. The Bertz CT molecular complexity index is 394. The third kappa shape index (κ3) is 2.89. The summed E-state index contributed by atoms with van der Waals surface area (Å²) in [6.45, 7) is 1.56. The second-order valence-electron chi connectivity index (χ2n) is 2.77. The number of anilines is 1. The maximum absolute atomic E-state index is 11.9. The van der Waals surface area contributed by atoms with E-state index in [4.69, 9.17) is 11.6 Å². The van der Waals surface area contributed by atoms with E-state index in [0.717, 1.165) is 4.68 Å². The van der Waals surface area contributed by atoms with Crippen LogP contribution in [0, 0.1) is 0 Å². The highest BCUT2D eigenvalue weighted by atomic mass is 35.5. The number of aryl methyl sites for hydroxylation is 1. The van der Waals surface area contributed by atoms with E-state index in [0.29, 0.717) is 6.54 Å². The Morgan fingerprint density at radius 1 is 1.67 bits per heavy atom. The lowest BCUT2D eigenvalue weighted by Crippen LogP contribution is -2.24. The van der Waals surface area contributed by atoms with Crippen molar-refractivity contribution < 1.29 is 8.78 Å². The molecular formula is C8H10ClF2N3O. The zero-order valence-corrected chi connectivity index (χ0v) is 8.76. The molecule has 0 fully saturated rings. The van der Waals surface area contributed by atoms with Crippen LogP contribution in [0.4, 0.5) is 14.5 Å². The SMILES string of the molecule is CCn1ncc(NCC(F)F)c(Cl)c1=O. The molecule has 7 heteroatoms. The number of nitrogens with zero attached hydrogens (tertiary/aromatic N) is 2. The average Bonchev–Trinajstić information content (AvgIpc) is 2.20. The van der Waals surface area contributed by atoms with Crippen LogP contribution in [0.5, 0.6) is 0 Å². The fourth-order valence-electron chi connectivity index (χ4n) is 1.00. The van der Waals surface area contributed by atoms with Crippen LogP contribution in [0.3, 0.4) is 0 Å². The van der Waals surface area contributed by atoms with Gasteiger partial charge in [0.25, 0.3) is 12.0 Å². The normalized spacial score (nSPS) is 10.7. The van der Waals surface area contributed by atoms with Gasteiger partial charge in [0, 0.05) is 6.54 Å². The average molecular weight is 238 g/mol. The standard InChI is InChI=1S/C8H10ClF2N3O/c1-2-14-8(15)7(9)5(3-13-14)12-4-6(10)11/h3,6,12H,2,4H2,1H3. The minimum absolute atomic E-state index is 0.118. The predicted molar refractivity (Wildman–Crippen MR) is 53.7 cm³/mol. The minimum Gasteiger partial charge on any atom is -0.377 e. The molecule has 84 valence electrons. The Hall–Kier alpha value is -1.17. The van der Waals surface area contributed by atoms with Gasteiger partial charge in [-0.3, -0.25) is 4.79 Å². The molecule has 0 saturated heterocycles. The summed E-state index contributed by atoms with van der Waals surface area (Å²) in [5, 5.41) is 5.98. The van der Waals surface area contributed by atoms with Crippen molar-refractivity contribution in [2.45, 2.75) is 19.9 Å². The van der Waals surface area contributed by atoms with E-state index >= 15 is 0 Å². The van der Waals surface area contributed by atoms with Crippen molar-refractivity contribution in [1.82, 2.24) is 9.78 Å². The molecule has 0 aliphatic heterocycles. The van der Waals surface area contributed by atoms with Gasteiger partial charge in [-0.1, -0.05) is 11.6 Å².